The molecule has 8 nitrogen and oxygen atoms in total. The fourth-order valence-electron chi connectivity index (χ4n) is 1.94. The average molecular weight is 310 g/mol. The quantitative estimate of drug-likeness (QED) is 0.880. The van der Waals surface area contributed by atoms with Crippen molar-refractivity contribution in [2.75, 3.05) is 13.2 Å². The fraction of sp³-hybridized carbons (Fsp3) is 0.333. The SMILES string of the molecule is CC(NC(=O)c1cc(Cl)c2c(c1)OCCO2)c1nn[nH]n1. The molecule has 1 amide bonds. The Morgan fingerprint density at radius 2 is 2.24 bits per heavy atom. The van der Waals surface area contributed by atoms with Crippen LogP contribution in [0.3, 0.4) is 0 Å². The van der Waals surface area contributed by atoms with E-state index < -0.39 is 0 Å². The summed E-state index contributed by atoms with van der Waals surface area (Å²) >= 11 is 6.10. The van der Waals surface area contributed by atoms with Gasteiger partial charge in [0.25, 0.3) is 5.91 Å². The van der Waals surface area contributed by atoms with Crippen molar-refractivity contribution in [3.8, 4) is 11.5 Å². The van der Waals surface area contributed by atoms with Gasteiger partial charge in [-0.2, -0.15) is 5.21 Å². The topological polar surface area (TPSA) is 102 Å². The third kappa shape index (κ3) is 2.75. The van der Waals surface area contributed by atoms with Crippen LogP contribution in [-0.4, -0.2) is 39.7 Å². The molecule has 2 N–H and O–H groups in total. The Morgan fingerprint density at radius 3 is 3.00 bits per heavy atom. The monoisotopic (exact) mass is 309 g/mol. The van der Waals surface area contributed by atoms with Gasteiger partial charge in [-0.1, -0.05) is 16.8 Å². The predicted octanol–water partition coefficient (Wildman–Crippen LogP) is 1.12. The number of aromatic amines is 1. The van der Waals surface area contributed by atoms with E-state index in [1.807, 2.05) is 0 Å². The van der Waals surface area contributed by atoms with Gasteiger partial charge in [0.1, 0.15) is 13.2 Å². The number of H-pyrrole nitrogens is 1. The molecule has 1 aliphatic rings. The third-order valence-electron chi connectivity index (χ3n) is 2.96. The molecular weight excluding hydrogens is 298 g/mol. The molecule has 0 saturated carbocycles. The van der Waals surface area contributed by atoms with Crippen LogP contribution in [0.2, 0.25) is 5.02 Å². The van der Waals surface area contributed by atoms with Crippen molar-refractivity contribution < 1.29 is 14.3 Å². The molecule has 0 aliphatic carbocycles. The van der Waals surface area contributed by atoms with Crippen LogP contribution in [0.25, 0.3) is 0 Å². The van der Waals surface area contributed by atoms with E-state index in [1.54, 1.807) is 13.0 Å². The van der Waals surface area contributed by atoms with E-state index in [-0.39, 0.29) is 11.9 Å². The number of carbonyl (C=O) groups excluding carboxylic acids is 1. The number of rotatable bonds is 3. The van der Waals surface area contributed by atoms with Gasteiger partial charge in [-0.3, -0.25) is 4.79 Å². The van der Waals surface area contributed by atoms with Gasteiger partial charge in [0, 0.05) is 5.56 Å². The normalized spacial score (nSPS) is 14.6. The van der Waals surface area contributed by atoms with Gasteiger partial charge in [0.15, 0.2) is 17.3 Å². The molecule has 0 fully saturated rings. The average Bonchev–Trinajstić information content (AvgIpc) is 3.01. The minimum absolute atomic E-state index is 0.314. The fourth-order valence-corrected chi connectivity index (χ4v) is 2.20. The van der Waals surface area contributed by atoms with Gasteiger partial charge in [-0.15, -0.1) is 10.2 Å². The lowest BCUT2D eigenvalue weighted by molar-refractivity contribution is 0.0937. The first-order valence-corrected chi connectivity index (χ1v) is 6.66. The first-order valence-electron chi connectivity index (χ1n) is 6.28. The highest BCUT2D eigenvalue weighted by Crippen LogP contribution is 2.38. The van der Waals surface area contributed by atoms with Crippen molar-refractivity contribution in [1.82, 2.24) is 25.9 Å². The molecule has 9 heteroatoms. The second-order valence-electron chi connectivity index (χ2n) is 4.45. The minimum atomic E-state index is -0.386. The molecular formula is C12H12ClN5O3. The van der Waals surface area contributed by atoms with Crippen LogP contribution in [0.1, 0.15) is 29.1 Å². The van der Waals surface area contributed by atoms with Crippen LogP contribution in [0.4, 0.5) is 0 Å². The summed E-state index contributed by atoms with van der Waals surface area (Å²) in [7, 11) is 0. The summed E-state index contributed by atoms with van der Waals surface area (Å²) in [5.41, 5.74) is 0.375. The summed E-state index contributed by atoms with van der Waals surface area (Å²) in [6, 6.07) is 2.75. The number of halogens is 1. The zero-order valence-corrected chi connectivity index (χ0v) is 11.8. The number of nitrogens with zero attached hydrogens (tertiary/aromatic N) is 3. The van der Waals surface area contributed by atoms with E-state index in [1.165, 1.54) is 6.07 Å². The van der Waals surface area contributed by atoms with Crippen molar-refractivity contribution in [1.29, 1.82) is 0 Å². The number of benzene rings is 1. The van der Waals surface area contributed by atoms with E-state index >= 15 is 0 Å². The highest BCUT2D eigenvalue weighted by atomic mass is 35.5. The Morgan fingerprint density at radius 1 is 1.43 bits per heavy atom. The van der Waals surface area contributed by atoms with Gasteiger partial charge in [0.05, 0.1) is 11.1 Å². The van der Waals surface area contributed by atoms with Gasteiger partial charge >= 0.3 is 0 Å². The highest BCUT2D eigenvalue weighted by Gasteiger charge is 2.21. The van der Waals surface area contributed by atoms with Gasteiger partial charge in [-0.05, 0) is 19.1 Å². The Hall–Kier alpha value is -2.35. The van der Waals surface area contributed by atoms with Crippen LogP contribution in [0.5, 0.6) is 11.5 Å². The predicted molar refractivity (Wildman–Crippen MR) is 72.5 cm³/mol. The zero-order valence-electron chi connectivity index (χ0n) is 11.1. The molecule has 1 aromatic heterocycles. The molecule has 0 radical (unpaired) electrons. The van der Waals surface area contributed by atoms with Crippen molar-refractivity contribution in [2.45, 2.75) is 13.0 Å². The molecule has 0 bridgehead atoms. The van der Waals surface area contributed by atoms with Crippen molar-refractivity contribution >= 4 is 17.5 Å². The Kier molecular flexibility index (Phi) is 3.61. The van der Waals surface area contributed by atoms with E-state index in [0.717, 1.165) is 0 Å². The Bertz CT molecular complexity index is 661. The standard InChI is InChI=1S/C12H12ClN5O3/c1-6(11-15-17-18-16-11)14-12(19)7-4-8(13)10-9(5-7)20-2-3-21-10/h4-6H,2-3H2,1H3,(H,14,19)(H,15,16,17,18). The summed E-state index contributed by atoms with van der Waals surface area (Å²) < 4.78 is 10.9. The number of nitrogens with one attached hydrogen (secondary N) is 2. The second kappa shape index (κ2) is 5.57. The van der Waals surface area contributed by atoms with Gasteiger partial charge < -0.3 is 14.8 Å². The summed E-state index contributed by atoms with van der Waals surface area (Å²) in [5.74, 6) is 1.01. The summed E-state index contributed by atoms with van der Waals surface area (Å²) in [4.78, 5) is 12.2. The zero-order chi connectivity index (χ0) is 14.8. The highest BCUT2D eigenvalue weighted by molar-refractivity contribution is 6.32. The van der Waals surface area contributed by atoms with E-state index in [4.69, 9.17) is 21.1 Å². The Labute approximate surface area is 124 Å². The molecule has 2 aromatic rings. The van der Waals surface area contributed by atoms with Crippen molar-refractivity contribution in [3.63, 3.8) is 0 Å². The maximum absolute atomic E-state index is 12.2. The maximum Gasteiger partial charge on any atom is 0.252 e. The smallest absolute Gasteiger partial charge is 0.252 e. The number of fused-ring (bicyclic) bond motifs is 1. The van der Waals surface area contributed by atoms with Gasteiger partial charge in [-0.25, -0.2) is 0 Å². The first-order chi connectivity index (χ1) is 10.1. The van der Waals surface area contributed by atoms with Gasteiger partial charge in [0.2, 0.25) is 0 Å². The molecule has 2 heterocycles. The number of hydrogen-bond acceptors (Lipinski definition) is 6. The lowest BCUT2D eigenvalue weighted by Gasteiger charge is -2.20. The lowest BCUT2D eigenvalue weighted by Crippen LogP contribution is -2.27. The van der Waals surface area contributed by atoms with E-state index in [0.29, 0.717) is 41.1 Å². The van der Waals surface area contributed by atoms with Crippen molar-refractivity contribution in [3.05, 3.63) is 28.5 Å². The number of amides is 1. The number of aromatic nitrogens is 4. The van der Waals surface area contributed by atoms with E-state index in [2.05, 4.69) is 25.9 Å². The number of hydrogen-bond donors (Lipinski definition) is 2. The first kappa shape index (κ1) is 13.6. The second-order valence-corrected chi connectivity index (χ2v) is 4.85. The molecule has 110 valence electrons. The number of ether oxygens (including phenoxy) is 2. The number of tetrazole rings is 1. The molecule has 1 aromatic carbocycles. The molecule has 1 atom stereocenters. The maximum atomic E-state index is 12.2. The molecule has 3 rings (SSSR count). The lowest BCUT2D eigenvalue weighted by atomic mass is 10.1. The minimum Gasteiger partial charge on any atom is -0.486 e. The molecule has 0 spiro atoms. The summed E-state index contributed by atoms with van der Waals surface area (Å²) in [6.07, 6.45) is 0. The summed E-state index contributed by atoms with van der Waals surface area (Å²) in [5, 5.41) is 16.5. The van der Waals surface area contributed by atoms with Crippen LogP contribution >= 0.6 is 11.6 Å². The number of carbonyl (C=O) groups is 1. The molecule has 1 unspecified atom stereocenters. The van der Waals surface area contributed by atoms with Crippen LogP contribution in [0, 0.1) is 0 Å². The largest absolute Gasteiger partial charge is 0.486 e. The molecule has 1 aliphatic heterocycles. The summed E-state index contributed by atoms with van der Waals surface area (Å²) in [6.45, 7) is 2.61. The molecule has 21 heavy (non-hydrogen) atoms. The van der Waals surface area contributed by atoms with Crippen LogP contribution < -0.4 is 14.8 Å². The van der Waals surface area contributed by atoms with Crippen LogP contribution in [-0.2, 0) is 0 Å². The van der Waals surface area contributed by atoms with Crippen molar-refractivity contribution in [2.24, 2.45) is 0 Å². The third-order valence-corrected chi connectivity index (χ3v) is 3.24. The Balaban J connectivity index is 1.80. The van der Waals surface area contributed by atoms with E-state index in [9.17, 15) is 4.79 Å². The molecule has 0 saturated heterocycles. The van der Waals surface area contributed by atoms with Crippen LogP contribution in [0.15, 0.2) is 12.1 Å².